The molecule has 1 atom stereocenters. The number of amides is 1. The van der Waals surface area contributed by atoms with Crippen molar-refractivity contribution in [2.45, 2.75) is 26.7 Å². The van der Waals surface area contributed by atoms with E-state index in [0.717, 1.165) is 17.5 Å². The Balaban J connectivity index is 1.69. The highest BCUT2D eigenvalue weighted by atomic mass is 16.5. The van der Waals surface area contributed by atoms with Crippen LogP contribution in [0, 0.1) is 11.8 Å². The molecule has 2 aromatic rings. The Labute approximate surface area is 191 Å². The van der Waals surface area contributed by atoms with Gasteiger partial charge >= 0.3 is 12.1 Å². The molecule has 0 spiro atoms. The van der Waals surface area contributed by atoms with E-state index < -0.39 is 6.09 Å². The number of rotatable bonds is 12. The summed E-state index contributed by atoms with van der Waals surface area (Å²) >= 11 is 0. The zero-order chi connectivity index (χ0) is 23.0. The van der Waals surface area contributed by atoms with E-state index in [2.05, 4.69) is 19.2 Å². The lowest BCUT2D eigenvalue weighted by atomic mass is 9.94. The molecule has 0 aliphatic heterocycles. The van der Waals surface area contributed by atoms with Crippen LogP contribution in [-0.4, -0.2) is 31.8 Å². The second-order valence-electron chi connectivity index (χ2n) is 7.99. The summed E-state index contributed by atoms with van der Waals surface area (Å²) in [5, 5.41) is 2.76. The number of benzene rings is 2. The average molecular weight is 436 g/mol. The monoisotopic (exact) mass is 435 g/mol. The Morgan fingerprint density at radius 2 is 1.38 bits per heavy atom. The molecule has 0 saturated heterocycles. The van der Waals surface area contributed by atoms with Crippen molar-refractivity contribution in [2.24, 2.45) is 11.8 Å². The van der Waals surface area contributed by atoms with Gasteiger partial charge in [0, 0.05) is 6.54 Å². The summed E-state index contributed by atoms with van der Waals surface area (Å²) < 4.78 is 10.5. The summed E-state index contributed by atoms with van der Waals surface area (Å²) in [5.41, 5.74) is 2.10. The van der Waals surface area contributed by atoms with Crippen LogP contribution >= 0.6 is 0 Å². The molecule has 0 aliphatic carbocycles. The van der Waals surface area contributed by atoms with Gasteiger partial charge in [-0.25, -0.2) is 4.79 Å². The van der Waals surface area contributed by atoms with Crippen LogP contribution in [0.3, 0.4) is 0 Å². The lowest BCUT2D eigenvalue weighted by Crippen LogP contribution is -2.31. The normalized spacial score (nSPS) is 12.2. The number of alkyl carbamates (subject to hydrolysis) is 1. The van der Waals surface area contributed by atoms with E-state index in [9.17, 15) is 9.59 Å². The Hall–Kier alpha value is -3.34. The molecule has 32 heavy (non-hydrogen) atoms. The number of hydrogen-bond donors (Lipinski definition) is 1. The Bertz CT molecular complexity index is 860. The van der Waals surface area contributed by atoms with Crippen molar-refractivity contribution in [3.63, 3.8) is 0 Å². The Morgan fingerprint density at radius 3 is 1.91 bits per heavy atom. The molecule has 0 radical (unpaired) electrons. The summed E-state index contributed by atoms with van der Waals surface area (Å²) in [6.07, 6.45) is 8.01. The van der Waals surface area contributed by atoms with Crippen molar-refractivity contribution >= 4 is 24.2 Å². The molecule has 0 fully saturated rings. The fourth-order valence-electron chi connectivity index (χ4n) is 3.24. The van der Waals surface area contributed by atoms with Gasteiger partial charge in [-0.15, -0.1) is 0 Å². The third-order valence-electron chi connectivity index (χ3n) is 4.67. The minimum atomic E-state index is -0.490. The zero-order valence-corrected chi connectivity index (χ0v) is 18.9. The summed E-state index contributed by atoms with van der Waals surface area (Å²) in [5.74, 6) is 0.125. The van der Waals surface area contributed by atoms with Gasteiger partial charge in [0.05, 0.1) is 6.42 Å². The molecule has 0 aliphatic rings. The largest absolute Gasteiger partial charge is 0.461 e. The third kappa shape index (κ3) is 11.2. The predicted molar refractivity (Wildman–Crippen MR) is 129 cm³/mol. The fourth-order valence-corrected chi connectivity index (χ4v) is 3.24. The molecule has 0 bridgehead atoms. The van der Waals surface area contributed by atoms with E-state index in [4.69, 9.17) is 9.47 Å². The molecule has 2 rings (SSSR count). The van der Waals surface area contributed by atoms with Crippen molar-refractivity contribution in [3.05, 3.63) is 83.9 Å². The second-order valence-corrected chi connectivity index (χ2v) is 7.99. The van der Waals surface area contributed by atoms with E-state index in [1.165, 1.54) is 0 Å². The van der Waals surface area contributed by atoms with Crippen LogP contribution in [0.5, 0.6) is 0 Å². The first-order valence-corrected chi connectivity index (χ1v) is 11.0. The number of carbonyl (C=O) groups excluding carboxylic acids is 2. The van der Waals surface area contributed by atoms with Crippen LogP contribution < -0.4 is 5.32 Å². The van der Waals surface area contributed by atoms with Crippen LogP contribution in [0.4, 0.5) is 4.79 Å². The minimum Gasteiger partial charge on any atom is -0.461 e. The number of nitrogens with one attached hydrogen (secondary N) is 1. The molecule has 1 N–H and O–H groups in total. The summed E-state index contributed by atoms with van der Waals surface area (Å²) in [6.45, 7) is 4.96. The van der Waals surface area contributed by atoms with Crippen molar-refractivity contribution in [1.29, 1.82) is 0 Å². The standard InChI is InChI=1S/C27H33NO4/c1-22(2)19-25(20-26(29)31-17-9-15-23-11-5-3-6-12-23)21-28-27(30)32-18-10-16-24-13-7-4-8-14-24/h3-16,22,25H,17-21H2,1-2H3,(H,28,30). The lowest BCUT2D eigenvalue weighted by Gasteiger charge is -2.18. The number of ether oxygens (including phenoxy) is 2. The van der Waals surface area contributed by atoms with E-state index in [1.807, 2.05) is 78.9 Å². The molecule has 5 nitrogen and oxygen atoms in total. The van der Waals surface area contributed by atoms with Gasteiger partial charge in [0.2, 0.25) is 0 Å². The van der Waals surface area contributed by atoms with Gasteiger partial charge in [0.15, 0.2) is 0 Å². The Kier molecular flexibility index (Phi) is 11.4. The number of carbonyl (C=O) groups is 2. The maximum absolute atomic E-state index is 12.2. The first kappa shape index (κ1) is 24.9. The molecular weight excluding hydrogens is 402 g/mol. The van der Waals surface area contributed by atoms with Gasteiger partial charge in [-0.2, -0.15) is 0 Å². The SMILES string of the molecule is CC(C)CC(CNC(=O)OCC=Cc1ccccc1)CC(=O)OCC=Cc1ccccc1. The van der Waals surface area contributed by atoms with Gasteiger partial charge in [-0.3, -0.25) is 4.79 Å². The Morgan fingerprint density at radius 1 is 0.844 bits per heavy atom. The van der Waals surface area contributed by atoms with Crippen molar-refractivity contribution in [2.75, 3.05) is 19.8 Å². The van der Waals surface area contributed by atoms with Crippen LogP contribution in [0.2, 0.25) is 0 Å². The van der Waals surface area contributed by atoms with Gasteiger partial charge in [0.25, 0.3) is 0 Å². The molecule has 170 valence electrons. The molecule has 1 amide bonds. The fraction of sp³-hybridized carbons (Fsp3) is 0.333. The van der Waals surface area contributed by atoms with E-state index in [-0.39, 0.29) is 31.5 Å². The smallest absolute Gasteiger partial charge is 0.407 e. The first-order valence-electron chi connectivity index (χ1n) is 11.0. The maximum Gasteiger partial charge on any atom is 0.407 e. The van der Waals surface area contributed by atoms with Gasteiger partial charge in [0.1, 0.15) is 13.2 Å². The molecule has 0 saturated carbocycles. The third-order valence-corrected chi connectivity index (χ3v) is 4.67. The van der Waals surface area contributed by atoms with E-state index >= 15 is 0 Å². The minimum absolute atomic E-state index is 0.00647. The second kappa shape index (κ2) is 14.6. The number of hydrogen-bond acceptors (Lipinski definition) is 4. The summed E-state index contributed by atoms with van der Waals surface area (Å²) in [6, 6.07) is 19.6. The van der Waals surface area contributed by atoms with Crippen molar-refractivity contribution in [1.82, 2.24) is 5.32 Å². The molecule has 5 heteroatoms. The predicted octanol–water partition coefficient (Wildman–Crippen LogP) is 5.74. The van der Waals surface area contributed by atoms with Crippen LogP contribution in [0.25, 0.3) is 12.2 Å². The number of esters is 1. The van der Waals surface area contributed by atoms with Crippen LogP contribution in [-0.2, 0) is 14.3 Å². The van der Waals surface area contributed by atoms with Gasteiger partial charge in [-0.05, 0) is 41.5 Å². The van der Waals surface area contributed by atoms with Gasteiger partial charge < -0.3 is 14.8 Å². The van der Waals surface area contributed by atoms with E-state index in [0.29, 0.717) is 12.5 Å². The maximum atomic E-state index is 12.2. The van der Waals surface area contributed by atoms with Crippen LogP contribution in [0.15, 0.2) is 72.8 Å². The van der Waals surface area contributed by atoms with Crippen molar-refractivity contribution < 1.29 is 19.1 Å². The lowest BCUT2D eigenvalue weighted by molar-refractivity contribution is -0.143. The van der Waals surface area contributed by atoms with Crippen LogP contribution in [0.1, 0.15) is 37.8 Å². The van der Waals surface area contributed by atoms with E-state index in [1.54, 1.807) is 6.08 Å². The molecular formula is C27H33NO4. The summed E-state index contributed by atoms with van der Waals surface area (Å²) in [7, 11) is 0. The van der Waals surface area contributed by atoms with Crippen molar-refractivity contribution in [3.8, 4) is 0 Å². The summed E-state index contributed by atoms with van der Waals surface area (Å²) in [4.78, 5) is 24.2. The highest BCUT2D eigenvalue weighted by molar-refractivity contribution is 5.70. The molecule has 0 heterocycles. The zero-order valence-electron chi connectivity index (χ0n) is 18.9. The van der Waals surface area contributed by atoms with Gasteiger partial charge in [-0.1, -0.05) is 86.7 Å². The topological polar surface area (TPSA) is 64.6 Å². The quantitative estimate of drug-likeness (QED) is 0.432. The molecule has 0 aromatic heterocycles. The average Bonchev–Trinajstić information content (AvgIpc) is 2.79. The molecule has 2 aromatic carbocycles. The highest BCUT2D eigenvalue weighted by Crippen LogP contribution is 2.16. The first-order chi connectivity index (χ1) is 15.5. The highest BCUT2D eigenvalue weighted by Gasteiger charge is 2.17. The molecule has 1 unspecified atom stereocenters.